The Morgan fingerprint density at radius 1 is 1.12 bits per heavy atom. The van der Waals surface area contributed by atoms with Crippen molar-refractivity contribution in [1.82, 2.24) is 0 Å². The number of hydrogen-bond donors (Lipinski definition) is 1. The predicted molar refractivity (Wildman–Crippen MR) is 74.1 cm³/mol. The summed E-state index contributed by atoms with van der Waals surface area (Å²) in [6.45, 7) is 8.97. The molecule has 2 rings (SSSR count). The first-order valence-corrected chi connectivity index (χ1v) is 6.32. The number of benzene rings is 1. The Balaban J connectivity index is 0.000000509. The zero-order valence-electron chi connectivity index (χ0n) is 11.3. The van der Waals surface area contributed by atoms with E-state index in [0.29, 0.717) is 6.04 Å². The lowest BCUT2D eigenvalue weighted by Gasteiger charge is -2.31. The molecule has 16 heavy (non-hydrogen) atoms. The summed E-state index contributed by atoms with van der Waals surface area (Å²) in [7, 11) is 2.10. The summed E-state index contributed by atoms with van der Waals surface area (Å²) in [5.41, 5.74) is 8.60. The number of nitrogens with two attached hydrogens (primary N) is 1. The standard InChI is InChI=1S/C10H14N2.2C2H6/c1-12-7-9(11)6-8-4-2-3-5-10(8)12;2*1-2/h2-5,9H,6-7,11H2,1H3;2*1-2H3. The van der Waals surface area contributed by atoms with Crippen molar-refractivity contribution in [3.05, 3.63) is 29.8 Å². The lowest BCUT2D eigenvalue weighted by atomic mass is 9.99. The molecule has 0 saturated heterocycles. The van der Waals surface area contributed by atoms with Crippen LogP contribution in [0.25, 0.3) is 0 Å². The van der Waals surface area contributed by atoms with Gasteiger partial charge in [0, 0.05) is 25.3 Å². The molecule has 0 aromatic heterocycles. The third-order valence-corrected chi connectivity index (χ3v) is 2.39. The quantitative estimate of drug-likeness (QED) is 0.731. The molecule has 1 unspecified atom stereocenters. The molecule has 2 nitrogen and oxygen atoms in total. The van der Waals surface area contributed by atoms with Gasteiger partial charge >= 0.3 is 0 Å². The van der Waals surface area contributed by atoms with Gasteiger partial charge in [-0.2, -0.15) is 0 Å². The molecular formula is C14H26N2. The maximum Gasteiger partial charge on any atom is 0.0397 e. The lowest BCUT2D eigenvalue weighted by Crippen LogP contribution is -2.41. The number of rotatable bonds is 0. The molecule has 0 saturated carbocycles. The highest BCUT2D eigenvalue weighted by Gasteiger charge is 2.17. The Labute approximate surface area is 100 Å². The van der Waals surface area contributed by atoms with Crippen LogP contribution >= 0.6 is 0 Å². The highest BCUT2D eigenvalue weighted by molar-refractivity contribution is 5.55. The van der Waals surface area contributed by atoms with Gasteiger partial charge in [0.2, 0.25) is 0 Å². The van der Waals surface area contributed by atoms with E-state index in [1.54, 1.807) is 0 Å². The number of hydrogen-bond acceptors (Lipinski definition) is 2. The number of fused-ring (bicyclic) bond motifs is 1. The zero-order chi connectivity index (χ0) is 12.6. The second-order valence-corrected chi connectivity index (χ2v) is 3.47. The van der Waals surface area contributed by atoms with Gasteiger partial charge in [0.05, 0.1) is 0 Å². The smallest absolute Gasteiger partial charge is 0.0397 e. The Bertz CT molecular complexity index is 284. The third kappa shape index (κ3) is 3.86. The summed E-state index contributed by atoms with van der Waals surface area (Å²) >= 11 is 0. The van der Waals surface area contributed by atoms with Crippen LogP contribution in [-0.4, -0.2) is 19.6 Å². The average Bonchev–Trinajstić information content (AvgIpc) is 2.34. The topological polar surface area (TPSA) is 29.3 Å². The minimum absolute atomic E-state index is 0.296. The molecule has 0 fully saturated rings. The van der Waals surface area contributed by atoms with Gasteiger partial charge in [0.15, 0.2) is 0 Å². The third-order valence-electron chi connectivity index (χ3n) is 2.39. The Hall–Kier alpha value is -1.02. The highest BCUT2D eigenvalue weighted by atomic mass is 15.1. The molecular weight excluding hydrogens is 196 g/mol. The molecule has 2 heteroatoms. The molecule has 1 aromatic rings. The average molecular weight is 222 g/mol. The summed E-state index contributed by atoms with van der Waals surface area (Å²) in [5.74, 6) is 0. The van der Waals surface area contributed by atoms with Crippen LogP contribution in [0.15, 0.2) is 24.3 Å². The van der Waals surface area contributed by atoms with E-state index in [0.717, 1.165) is 13.0 Å². The van der Waals surface area contributed by atoms with E-state index in [-0.39, 0.29) is 0 Å². The second kappa shape index (κ2) is 8.17. The summed E-state index contributed by atoms with van der Waals surface area (Å²) in [5, 5.41) is 0. The Morgan fingerprint density at radius 2 is 1.69 bits per heavy atom. The molecule has 92 valence electrons. The molecule has 1 aliphatic heterocycles. The fraction of sp³-hybridized carbons (Fsp3) is 0.571. The van der Waals surface area contributed by atoms with Crippen LogP contribution < -0.4 is 10.6 Å². The molecule has 0 radical (unpaired) electrons. The molecule has 0 amide bonds. The van der Waals surface area contributed by atoms with Crippen molar-refractivity contribution in [3.8, 4) is 0 Å². The van der Waals surface area contributed by atoms with E-state index in [4.69, 9.17) is 5.73 Å². The van der Waals surface area contributed by atoms with E-state index in [2.05, 4.69) is 36.2 Å². The van der Waals surface area contributed by atoms with Gasteiger partial charge in [-0.1, -0.05) is 45.9 Å². The lowest BCUT2D eigenvalue weighted by molar-refractivity contribution is 0.628. The van der Waals surface area contributed by atoms with Crippen LogP contribution in [0.5, 0.6) is 0 Å². The molecule has 1 aliphatic rings. The number of para-hydroxylation sites is 1. The molecule has 1 aromatic carbocycles. The van der Waals surface area contributed by atoms with Gasteiger partial charge in [0.25, 0.3) is 0 Å². The summed E-state index contributed by atoms with van der Waals surface area (Å²) in [4.78, 5) is 2.23. The number of anilines is 1. The summed E-state index contributed by atoms with van der Waals surface area (Å²) in [6, 6.07) is 8.76. The van der Waals surface area contributed by atoms with E-state index < -0.39 is 0 Å². The van der Waals surface area contributed by atoms with Gasteiger partial charge in [-0.25, -0.2) is 0 Å². The van der Waals surface area contributed by atoms with Gasteiger partial charge < -0.3 is 10.6 Å². The molecule has 0 bridgehead atoms. The molecule has 1 atom stereocenters. The summed E-state index contributed by atoms with van der Waals surface area (Å²) < 4.78 is 0. The van der Waals surface area contributed by atoms with Crippen molar-refractivity contribution in [2.75, 3.05) is 18.5 Å². The first-order valence-electron chi connectivity index (χ1n) is 6.32. The van der Waals surface area contributed by atoms with Crippen molar-refractivity contribution in [1.29, 1.82) is 0 Å². The van der Waals surface area contributed by atoms with Gasteiger partial charge in [0.1, 0.15) is 0 Å². The number of likely N-dealkylation sites (N-methyl/N-ethyl adjacent to an activating group) is 1. The van der Waals surface area contributed by atoms with Gasteiger partial charge in [-0.15, -0.1) is 0 Å². The van der Waals surface area contributed by atoms with Crippen LogP contribution in [0, 0.1) is 0 Å². The Morgan fingerprint density at radius 3 is 2.31 bits per heavy atom. The monoisotopic (exact) mass is 222 g/mol. The molecule has 0 spiro atoms. The normalized spacial score (nSPS) is 17.4. The highest BCUT2D eigenvalue weighted by Crippen LogP contribution is 2.24. The van der Waals surface area contributed by atoms with Crippen molar-refractivity contribution >= 4 is 5.69 Å². The van der Waals surface area contributed by atoms with Crippen molar-refractivity contribution in [2.24, 2.45) is 5.73 Å². The first-order chi connectivity index (χ1) is 7.77. The maximum atomic E-state index is 5.90. The first kappa shape index (κ1) is 15.0. The van der Waals surface area contributed by atoms with Crippen LogP contribution in [0.2, 0.25) is 0 Å². The largest absolute Gasteiger partial charge is 0.373 e. The fourth-order valence-corrected chi connectivity index (χ4v) is 1.85. The number of nitrogens with zero attached hydrogens (tertiary/aromatic N) is 1. The van der Waals surface area contributed by atoms with E-state index >= 15 is 0 Å². The van der Waals surface area contributed by atoms with Gasteiger partial charge in [-0.3, -0.25) is 0 Å². The van der Waals surface area contributed by atoms with Crippen LogP contribution in [0.4, 0.5) is 5.69 Å². The SMILES string of the molecule is CC.CC.CN1CC(N)Cc2ccccc21. The van der Waals surface area contributed by atoms with Crippen LogP contribution in [-0.2, 0) is 6.42 Å². The van der Waals surface area contributed by atoms with Crippen LogP contribution in [0.3, 0.4) is 0 Å². The zero-order valence-corrected chi connectivity index (χ0v) is 11.3. The van der Waals surface area contributed by atoms with Crippen molar-refractivity contribution < 1.29 is 0 Å². The van der Waals surface area contributed by atoms with E-state index in [1.165, 1.54) is 11.3 Å². The minimum Gasteiger partial charge on any atom is -0.373 e. The predicted octanol–water partition coefficient (Wildman–Crippen LogP) is 3.06. The fourth-order valence-electron chi connectivity index (χ4n) is 1.85. The summed E-state index contributed by atoms with van der Waals surface area (Å²) in [6.07, 6.45) is 1.01. The Kier molecular flexibility index (Phi) is 7.65. The molecule has 1 heterocycles. The van der Waals surface area contributed by atoms with Gasteiger partial charge in [-0.05, 0) is 18.1 Å². The van der Waals surface area contributed by atoms with E-state index in [9.17, 15) is 0 Å². The molecule has 2 N–H and O–H groups in total. The second-order valence-electron chi connectivity index (χ2n) is 3.47. The maximum absolute atomic E-state index is 5.90. The van der Waals surface area contributed by atoms with Crippen molar-refractivity contribution in [2.45, 2.75) is 40.2 Å². The molecule has 0 aliphatic carbocycles. The minimum atomic E-state index is 0.296. The van der Waals surface area contributed by atoms with Crippen LogP contribution in [0.1, 0.15) is 33.3 Å². The van der Waals surface area contributed by atoms with Crippen molar-refractivity contribution in [3.63, 3.8) is 0 Å². The van der Waals surface area contributed by atoms with E-state index in [1.807, 2.05) is 27.7 Å².